The first-order valence-corrected chi connectivity index (χ1v) is 10.5. The number of hydrogen-bond donors (Lipinski definition) is 2. The molecule has 2 N–H and O–H groups in total. The number of anilines is 5. The molecule has 0 saturated carbocycles. The average molecular weight is 398 g/mol. The Bertz CT molecular complexity index is 1070. The van der Waals surface area contributed by atoms with E-state index in [2.05, 4.69) is 20.6 Å². The van der Waals surface area contributed by atoms with Crippen LogP contribution in [0, 0.1) is 0 Å². The van der Waals surface area contributed by atoms with E-state index in [1.165, 1.54) is 6.33 Å². The van der Waals surface area contributed by atoms with Gasteiger partial charge in [0.15, 0.2) is 9.84 Å². The molecule has 0 amide bonds. The highest BCUT2D eigenvalue weighted by Gasteiger charge is 2.12. The molecule has 0 fully saturated rings. The summed E-state index contributed by atoms with van der Waals surface area (Å²) < 4.78 is 24.1. The molecular formula is C20H23N5O2S. The molecular weight excluding hydrogens is 374 g/mol. The first-order valence-electron chi connectivity index (χ1n) is 8.83. The summed E-state index contributed by atoms with van der Waals surface area (Å²) >= 11 is 0. The fraction of sp³-hybridized carbons (Fsp3) is 0.200. The largest absolute Gasteiger partial charge is 0.378 e. The van der Waals surface area contributed by atoms with Crippen molar-refractivity contribution in [3.8, 4) is 0 Å². The molecule has 0 radical (unpaired) electrons. The molecule has 1 heterocycles. The Morgan fingerprint density at radius 1 is 0.893 bits per heavy atom. The molecule has 28 heavy (non-hydrogen) atoms. The minimum atomic E-state index is -3.26. The van der Waals surface area contributed by atoms with Crippen molar-refractivity contribution in [1.29, 1.82) is 0 Å². The highest BCUT2D eigenvalue weighted by molar-refractivity contribution is 7.91. The number of nitrogens with zero attached hydrogens (tertiary/aromatic N) is 3. The fourth-order valence-corrected chi connectivity index (χ4v) is 3.51. The maximum atomic E-state index is 12.1. The SMILES string of the molecule is CCS(=O)(=O)c1cccc(Nc2cc(Nc3cccc(N(C)C)c3)ncn2)c1. The number of nitrogens with one attached hydrogen (secondary N) is 2. The van der Waals surface area contributed by atoms with Gasteiger partial charge in [0.05, 0.1) is 10.6 Å². The average Bonchev–Trinajstić information content (AvgIpc) is 2.68. The van der Waals surface area contributed by atoms with Gasteiger partial charge in [-0.25, -0.2) is 18.4 Å². The molecule has 0 bridgehead atoms. The van der Waals surface area contributed by atoms with Crippen molar-refractivity contribution in [1.82, 2.24) is 9.97 Å². The zero-order chi connectivity index (χ0) is 20.1. The van der Waals surface area contributed by atoms with Gasteiger partial charge in [0.1, 0.15) is 18.0 Å². The summed E-state index contributed by atoms with van der Waals surface area (Å²) in [5.41, 5.74) is 2.63. The summed E-state index contributed by atoms with van der Waals surface area (Å²) in [5, 5.41) is 6.39. The molecule has 1 aromatic heterocycles. The molecule has 0 aliphatic heterocycles. The lowest BCUT2D eigenvalue weighted by Crippen LogP contribution is -2.08. The Morgan fingerprint density at radius 2 is 1.50 bits per heavy atom. The molecule has 3 aromatic rings. The summed E-state index contributed by atoms with van der Waals surface area (Å²) in [7, 11) is 0.708. The Balaban J connectivity index is 1.79. The van der Waals surface area contributed by atoms with E-state index in [9.17, 15) is 8.42 Å². The van der Waals surface area contributed by atoms with Crippen LogP contribution in [0.5, 0.6) is 0 Å². The minimum absolute atomic E-state index is 0.0596. The van der Waals surface area contributed by atoms with Crippen LogP contribution >= 0.6 is 0 Å². The molecule has 0 spiro atoms. The second-order valence-corrected chi connectivity index (χ2v) is 8.69. The summed E-state index contributed by atoms with van der Waals surface area (Å²) in [4.78, 5) is 10.8. The highest BCUT2D eigenvalue weighted by atomic mass is 32.2. The van der Waals surface area contributed by atoms with Crippen LogP contribution in [0.4, 0.5) is 28.7 Å². The van der Waals surface area contributed by atoms with Crippen molar-refractivity contribution in [2.75, 3.05) is 35.4 Å². The second-order valence-electron chi connectivity index (χ2n) is 6.41. The predicted molar refractivity (Wildman–Crippen MR) is 114 cm³/mol. The summed E-state index contributed by atoms with van der Waals surface area (Å²) in [6, 6.07) is 16.4. The van der Waals surface area contributed by atoms with Crippen LogP contribution in [0.3, 0.4) is 0 Å². The first-order chi connectivity index (χ1) is 13.4. The van der Waals surface area contributed by atoms with Gasteiger partial charge in [-0.3, -0.25) is 0 Å². The van der Waals surface area contributed by atoms with E-state index in [0.29, 0.717) is 17.3 Å². The number of aromatic nitrogens is 2. The number of benzene rings is 2. The van der Waals surface area contributed by atoms with Crippen LogP contribution in [0.15, 0.2) is 65.8 Å². The van der Waals surface area contributed by atoms with Crippen LogP contribution in [-0.4, -0.2) is 38.2 Å². The number of sulfone groups is 1. The van der Waals surface area contributed by atoms with E-state index in [1.54, 1.807) is 37.3 Å². The molecule has 3 rings (SSSR count). The molecule has 8 heteroatoms. The first kappa shape index (κ1) is 19.6. The van der Waals surface area contributed by atoms with E-state index in [4.69, 9.17) is 0 Å². The lowest BCUT2D eigenvalue weighted by molar-refractivity contribution is 0.597. The Kier molecular flexibility index (Phi) is 5.79. The van der Waals surface area contributed by atoms with E-state index in [0.717, 1.165) is 11.4 Å². The van der Waals surface area contributed by atoms with Crippen LogP contribution in [0.25, 0.3) is 0 Å². The normalized spacial score (nSPS) is 11.1. The van der Waals surface area contributed by atoms with E-state index in [1.807, 2.05) is 43.3 Å². The lowest BCUT2D eigenvalue weighted by Gasteiger charge is -2.14. The molecule has 146 valence electrons. The van der Waals surface area contributed by atoms with Gasteiger partial charge in [-0.2, -0.15) is 0 Å². The van der Waals surface area contributed by atoms with Crippen molar-refractivity contribution >= 4 is 38.5 Å². The third kappa shape index (κ3) is 4.77. The quantitative estimate of drug-likeness (QED) is 0.626. The van der Waals surface area contributed by atoms with Crippen LogP contribution in [0.2, 0.25) is 0 Å². The van der Waals surface area contributed by atoms with Crippen LogP contribution < -0.4 is 15.5 Å². The van der Waals surface area contributed by atoms with Crippen molar-refractivity contribution in [2.45, 2.75) is 11.8 Å². The van der Waals surface area contributed by atoms with Gasteiger partial charge in [0.2, 0.25) is 0 Å². The van der Waals surface area contributed by atoms with Crippen molar-refractivity contribution in [2.24, 2.45) is 0 Å². The van der Waals surface area contributed by atoms with Gasteiger partial charge < -0.3 is 15.5 Å². The Labute approximate surface area is 165 Å². The molecule has 0 aliphatic rings. The van der Waals surface area contributed by atoms with Gasteiger partial charge in [-0.1, -0.05) is 19.1 Å². The monoisotopic (exact) mass is 397 g/mol. The standard InChI is InChI=1S/C20H23N5O2S/c1-4-28(26,27)18-10-6-8-16(12-18)24-20-13-19(21-14-22-20)23-15-7-5-9-17(11-15)25(2)3/h5-14H,4H2,1-3H3,(H2,21,22,23,24). The van der Waals surface area contributed by atoms with Crippen molar-refractivity contribution < 1.29 is 8.42 Å². The maximum absolute atomic E-state index is 12.1. The summed E-state index contributed by atoms with van der Waals surface area (Å²) in [6.07, 6.45) is 1.45. The van der Waals surface area contributed by atoms with Crippen molar-refractivity contribution in [3.63, 3.8) is 0 Å². The lowest BCUT2D eigenvalue weighted by atomic mass is 10.2. The van der Waals surface area contributed by atoms with Gasteiger partial charge in [0, 0.05) is 37.2 Å². The molecule has 0 unspecified atom stereocenters. The third-order valence-corrected chi connectivity index (χ3v) is 5.88. The molecule has 0 atom stereocenters. The summed E-state index contributed by atoms with van der Waals surface area (Å²) in [5.74, 6) is 1.25. The predicted octanol–water partition coefficient (Wildman–Crippen LogP) is 3.82. The maximum Gasteiger partial charge on any atom is 0.178 e. The third-order valence-electron chi connectivity index (χ3n) is 4.15. The minimum Gasteiger partial charge on any atom is -0.378 e. The fourth-order valence-electron chi connectivity index (χ4n) is 2.59. The highest BCUT2D eigenvalue weighted by Crippen LogP contribution is 2.23. The zero-order valence-electron chi connectivity index (χ0n) is 16.0. The van der Waals surface area contributed by atoms with E-state index < -0.39 is 9.84 Å². The molecule has 7 nitrogen and oxygen atoms in total. The smallest absolute Gasteiger partial charge is 0.178 e. The molecule has 0 saturated heterocycles. The van der Waals surface area contributed by atoms with Gasteiger partial charge in [0.25, 0.3) is 0 Å². The van der Waals surface area contributed by atoms with Gasteiger partial charge in [-0.15, -0.1) is 0 Å². The van der Waals surface area contributed by atoms with Crippen molar-refractivity contribution in [3.05, 3.63) is 60.9 Å². The number of hydrogen-bond acceptors (Lipinski definition) is 7. The second kappa shape index (κ2) is 8.26. The number of rotatable bonds is 7. The van der Waals surface area contributed by atoms with Gasteiger partial charge in [-0.05, 0) is 36.4 Å². The van der Waals surface area contributed by atoms with Crippen LogP contribution in [0.1, 0.15) is 6.92 Å². The topological polar surface area (TPSA) is 87.2 Å². The van der Waals surface area contributed by atoms with Gasteiger partial charge >= 0.3 is 0 Å². The molecule has 2 aromatic carbocycles. The Hall–Kier alpha value is -3.13. The van der Waals surface area contributed by atoms with Crippen LogP contribution in [-0.2, 0) is 9.84 Å². The molecule has 0 aliphatic carbocycles. The van der Waals surface area contributed by atoms with E-state index in [-0.39, 0.29) is 10.6 Å². The summed E-state index contributed by atoms with van der Waals surface area (Å²) in [6.45, 7) is 1.63. The Morgan fingerprint density at radius 3 is 2.11 bits per heavy atom. The zero-order valence-corrected chi connectivity index (χ0v) is 16.9. The van der Waals surface area contributed by atoms with E-state index >= 15 is 0 Å².